The van der Waals surface area contributed by atoms with Crippen LogP contribution < -0.4 is 10.6 Å². The molecular formula is C17H32N6O. The van der Waals surface area contributed by atoms with Crippen molar-refractivity contribution in [3.8, 4) is 0 Å². The zero-order chi connectivity index (χ0) is 17.7. The molecule has 1 aliphatic rings. The van der Waals surface area contributed by atoms with Crippen LogP contribution in [0.2, 0.25) is 0 Å². The quantitative estimate of drug-likeness (QED) is 0.586. The van der Waals surface area contributed by atoms with E-state index in [1.807, 2.05) is 18.5 Å². The summed E-state index contributed by atoms with van der Waals surface area (Å²) in [6, 6.07) is 0.386. The average Bonchev–Trinajstić information content (AvgIpc) is 2.90. The van der Waals surface area contributed by atoms with Crippen molar-refractivity contribution in [2.45, 2.75) is 65.6 Å². The van der Waals surface area contributed by atoms with Crippen LogP contribution >= 0.6 is 0 Å². The standard InChI is InChI=1S/C17H32N6O/c1-7-17(8-2)13(10-14(17)24-9-3)20-16(18-5)19-11-15-22-21-12(4)23(15)6/h13-14H,7-11H2,1-6H3,(H2,18,19,20). The summed E-state index contributed by atoms with van der Waals surface area (Å²) in [7, 11) is 3.77. The molecule has 2 atom stereocenters. The number of nitrogens with one attached hydrogen (secondary N) is 2. The summed E-state index contributed by atoms with van der Waals surface area (Å²) >= 11 is 0. The maximum Gasteiger partial charge on any atom is 0.191 e. The highest BCUT2D eigenvalue weighted by Gasteiger charge is 2.53. The monoisotopic (exact) mass is 336 g/mol. The molecule has 0 amide bonds. The molecule has 136 valence electrons. The van der Waals surface area contributed by atoms with Crippen LogP contribution in [-0.4, -0.2) is 46.5 Å². The summed E-state index contributed by atoms with van der Waals surface area (Å²) in [4.78, 5) is 4.36. The molecule has 1 aliphatic carbocycles. The summed E-state index contributed by atoms with van der Waals surface area (Å²) in [5.74, 6) is 2.61. The van der Waals surface area contributed by atoms with Gasteiger partial charge in [0.05, 0.1) is 12.6 Å². The molecule has 0 aliphatic heterocycles. The first-order valence-corrected chi connectivity index (χ1v) is 8.95. The minimum absolute atomic E-state index is 0.189. The number of aryl methyl sites for hydroxylation is 1. The van der Waals surface area contributed by atoms with Gasteiger partial charge in [0.1, 0.15) is 5.82 Å². The third-order valence-corrected chi connectivity index (χ3v) is 5.60. The molecule has 0 radical (unpaired) electrons. The fourth-order valence-corrected chi connectivity index (χ4v) is 3.71. The SMILES string of the molecule is CCOC1CC(NC(=NC)NCc2nnc(C)n2C)C1(CC)CC. The van der Waals surface area contributed by atoms with Gasteiger partial charge in [-0.15, -0.1) is 10.2 Å². The minimum Gasteiger partial charge on any atom is -0.378 e. The number of hydrogen-bond acceptors (Lipinski definition) is 4. The fraction of sp³-hybridized carbons (Fsp3) is 0.824. The molecule has 2 unspecified atom stereocenters. The second-order valence-corrected chi connectivity index (χ2v) is 6.47. The van der Waals surface area contributed by atoms with Gasteiger partial charge in [-0.3, -0.25) is 4.99 Å². The molecule has 7 heteroatoms. The van der Waals surface area contributed by atoms with Crippen LogP contribution in [0.3, 0.4) is 0 Å². The van der Waals surface area contributed by atoms with Crippen LogP contribution in [0.25, 0.3) is 0 Å². The van der Waals surface area contributed by atoms with E-state index < -0.39 is 0 Å². The van der Waals surface area contributed by atoms with Crippen LogP contribution in [0.1, 0.15) is 51.7 Å². The molecule has 1 heterocycles. The summed E-state index contributed by atoms with van der Waals surface area (Å²) in [5, 5.41) is 15.2. The van der Waals surface area contributed by atoms with Gasteiger partial charge in [-0.1, -0.05) is 13.8 Å². The molecule has 0 saturated heterocycles. The second kappa shape index (κ2) is 7.96. The Morgan fingerprint density at radius 3 is 2.54 bits per heavy atom. The van der Waals surface area contributed by atoms with E-state index in [9.17, 15) is 0 Å². The van der Waals surface area contributed by atoms with E-state index in [1.54, 1.807) is 7.05 Å². The van der Waals surface area contributed by atoms with Crippen LogP contribution in [-0.2, 0) is 18.3 Å². The predicted octanol–water partition coefficient (Wildman–Crippen LogP) is 1.77. The van der Waals surface area contributed by atoms with Crippen molar-refractivity contribution in [3.63, 3.8) is 0 Å². The summed E-state index contributed by atoms with van der Waals surface area (Å²) in [6.07, 6.45) is 3.57. The molecule has 24 heavy (non-hydrogen) atoms. The van der Waals surface area contributed by atoms with E-state index in [2.05, 4.69) is 46.6 Å². The molecule has 7 nitrogen and oxygen atoms in total. The normalized spacial score (nSPS) is 23.0. The zero-order valence-electron chi connectivity index (χ0n) is 15.9. The summed E-state index contributed by atoms with van der Waals surface area (Å²) < 4.78 is 7.93. The van der Waals surface area contributed by atoms with Gasteiger partial charge in [0.15, 0.2) is 11.8 Å². The molecule has 1 aromatic heterocycles. The van der Waals surface area contributed by atoms with Gasteiger partial charge in [-0.2, -0.15) is 0 Å². The van der Waals surface area contributed by atoms with E-state index in [0.29, 0.717) is 18.7 Å². The van der Waals surface area contributed by atoms with Gasteiger partial charge >= 0.3 is 0 Å². The maximum absolute atomic E-state index is 5.95. The lowest BCUT2D eigenvalue weighted by molar-refractivity contribution is -0.133. The van der Waals surface area contributed by atoms with Crippen molar-refractivity contribution in [1.82, 2.24) is 25.4 Å². The Morgan fingerprint density at radius 2 is 2.04 bits per heavy atom. The smallest absolute Gasteiger partial charge is 0.191 e. The van der Waals surface area contributed by atoms with Crippen LogP contribution in [0.15, 0.2) is 4.99 Å². The third kappa shape index (κ3) is 3.41. The molecule has 0 bridgehead atoms. The van der Waals surface area contributed by atoms with Gasteiger partial charge in [0.2, 0.25) is 0 Å². The van der Waals surface area contributed by atoms with Crippen molar-refractivity contribution in [1.29, 1.82) is 0 Å². The van der Waals surface area contributed by atoms with E-state index in [0.717, 1.165) is 43.5 Å². The number of rotatable bonds is 7. The molecule has 0 spiro atoms. The molecule has 0 aromatic carbocycles. The minimum atomic E-state index is 0.189. The molecular weight excluding hydrogens is 304 g/mol. The van der Waals surface area contributed by atoms with E-state index in [-0.39, 0.29) is 5.41 Å². The number of aliphatic imine (C=N–C) groups is 1. The first-order chi connectivity index (χ1) is 11.5. The molecule has 2 rings (SSSR count). The largest absolute Gasteiger partial charge is 0.378 e. The van der Waals surface area contributed by atoms with E-state index in [1.165, 1.54) is 0 Å². The van der Waals surface area contributed by atoms with Gasteiger partial charge in [0, 0.05) is 32.2 Å². The number of ether oxygens (including phenoxy) is 1. The average molecular weight is 336 g/mol. The van der Waals surface area contributed by atoms with Crippen molar-refractivity contribution >= 4 is 5.96 Å². The molecule has 1 fully saturated rings. The van der Waals surface area contributed by atoms with Gasteiger partial charge in [0.25, 0.3) is 0 Å². The summed E-state index contributed by atoms with van der Waals surface area (Å²) in [6.45, 7) is 9.90. The molecule has 1 saturated carbocycles. The molecule has 2 N–H and O–H groups in total. The van der Waals surface area contributed by atoms with Crippen LogP contribution in [0.4, 0.5) is 0 Å². The van der Waals surface area contributed by atoms with Crippen LogP contribution in [0, 0.1) is 12.3 Å². The number of aromatic nitrogens is 3. The van der Waals surface area contributed by atoms with Gasteiger partial charge < -0.3 is 19.9 Å². The Bertz CT molecular complexity index is 563. The van der Waals surface area contributed by atoms with Gasteiger partial charge in [-0.25, -0.2) is 0 Å². The number of hydrogen-bond donors (Lipinski definition) is 2. The number of nitrogens with zero attached hydrogens (tertiary/aromatic N) is 4. The topological polar surface area (TPSA) is 76.4 Å². The van der Waals surface area contributed by atoms with Crippen molar-refractivity contribution in [2.24, 2.45) is 17.5 Å². The Labute approximate surface area is 145 Å². The highest BCUT2D eigenvalue weighted by atomic mass is 16.5. The fourth-order valence-electron chi connectivity index (χ4n) is 3.71. The van der Waals surface area contributed by atoms with E-state index >= 15 is 0 Å². The highest BCUT2D eigenvalue weighted by molar-refractivity contribution is 5.80. The Kier molecular flexibility index (Phi) is 6.21. The van der Waals surface area contributed by atoms with Crippen LogP contribution in [0.5, 0.6) is 0 Å². The lowest BCUT2D eigenvalue weighted by Crippen LogP contribution is -2.65. The maximum atomic E-state index is 5.95. The first kappa shape index (κ1) is 18.7. The second-order valence-electron chi connectivity index (χ2n) is 6.47. The zero-order valence-corrected chi connectivity index (χ0v) is 15.9. The van der Waals surface area contributed by atoms with E-state index in [4.69, 9.17) is 4.74 Å². The number of guanidine groups is 1. The third-order valence-electron chi connectivity index (χ3n) is 5.60. The van der Waals surface area contributed by atoms with Crippen molar-refractivity contribution in [3.05, 3.63) is 11.6 Å². The van der Waals surface area contributed by atoms with Gasteiger partial charge in [-0.05, 0) is 33.1 Å². The highest BCUT2D eigenvalue weighted by Crippen LogP contribution is 2.48. The Hall–Kier alpha value is -1.63. The Balaban J connectivity index is 1.96. The first-order valence-electron chi connectivity index (χ1n) is 8.95. The van der Waals surface area contributed by atoms with Crippen molar-refractivity contribution in [2.75, 3.05) is 13.7 Å². The summed E-state index contributed by atoms with van der Waals surface area (Å²) in [5.41, 5.74) is 0.189. The Morgan fingerprint density at radius 1 is 1.33 bits per heavy atom. The lowest BCUT2D eigenvalue weighted by atomic mass is 9.58. The predicted molar refractivity (Wildman–Crippen MR) is 95.9 cm³/mol. The van der Waals surface area contributed by atoms with Crippen molar-refractivity contribution < 1.29 is 4.74 Å². The molecule has 1 aromatic rings. The lowest BCUT2D eigenvalue weighted by Gasteiger charge is -2.55.